The van der Waals surface area contributed by atoms with Crippen molar-refractivity contribution in [3.05, 3.63) is 70.2 Å². The fourth-order valence-corrected chi connectivity index (χ4v) is 4.34. The molecule has 0 amide bonds. The number of ketones is 1. The maximum Gasteiger partial charge on any atom is 0.163 e. The Hall–Kier alpha value is -2.64. The number of hydrogen-bond donors (Lipinski definition) is 1. The van der Waals surface area contributed by atoms with Gasteiger partial charge in [-0.25, -0.2) is 0 Å². The molecule has 3 rings (SSSR count). The number of ether oxygens (including phenoxy) is 1. The fraction of sp³-hybridized carbons (Fsp3) is 0.387. The number of fused-ring (bicyclic) bond motifs is 1. The molecule has 1 atom stereocenters. The van der Waals surface area contributed by atoms with Gasteiger partial charge in [0.25, 0.3) is 0 Å². The highest BCUT2D eigenvalue weighted by molar-refractivity contribution is 6.30. The SMILES string of the molecule is CCC(O)(C#Cc1ccc2cc(C)c(C(OC(C)(C)C)C(C)=O)c(-c3ccc(Cl)cc3)c2c1)CC. The Kier molecular flexibility index (Phi) is 8.12. The summed E-state index contributed by atoms with van der Waals surface area (Å²) in [6, 6.07) is 15.8. The second kappa shape index (κ2) is 10.5. The first-order valence-corrected chi connectivity index (χ1v) is 12.5. The summed E-state index contributed by atoms with van der Waals surface area (Å²) >= 11 is 6.20. The molecule has 3 nitrogen and oxygen atoms in total. The summed E-state index contributed by atoms with van der Waals surface area (Å²) in [5.74, 6) is 6.17. The van der Waals surface area contributed by atoms with Crippen molar-refractivity contribution >= 4 is 28.2 Å². The van der Waals surface area contributed by atoms with Crippen molar-refractivity contribution in [2.45, 2.75) is 78.6 Å². The first-order valence-electron chi connectivity index (χ1n) is 12.1. The van der Waals surface area contributed by atoms with E-state index in [9.17, 15) is 9.90 Å². The van der Waals surface area contributed by atoms with Gasteiger partial charge in [-0.15, -0.1) is 0 Å². The Morgan fingerprint density at radius 3 is 2.23 bits per heavy atom. The average molecular weight is 491 g/mol. The molecule has 184 valence electrons. The van der Waals surface area contributed by atoms with Crippen LogP contribution in [0.2, 0.25) is 5.02 Å². The molecule has 3 aromatic rings. The number of carbonyl (C=O) groups excluding carboxylic acids is 1. The number of aryl methyl sites for hydroxylation is 1. The number of halogens is 1. The van der Waals surface area contributed by atoms with Gasteiger partial charge in [-0.3, -0.25) is 4.79 Å². The van der Waals surface area contributed by atoms with Crippen LogP contribution in [0.4, 0.5) is 0 Å². The zero-order chi connectivity index (χ0) is 26.0. The third-order valence-electron chi connectivity index (χ3n) is 6.23. The minimum atomic E-state index is -1.01. The van der Waals surface area contributed by atoms with Crippen LogP contribution in [0.25, 0.3) is 21.9 Å². The van der Waals surface area contributed by atoms with Gasteiger partial charge in [-0.2, -0.15) is 0 Å². The number of carbonyl (C=O) groups is 1. The van der Waals surface area contributed by atoms with E-state index in [-0.39, 0.29) is 5.78 Å². The molecule has 4 heteroatoms. The summed E-state index contributed by atoms with van der Waals surface area (Å²) < 4.78 is 6.32. The van der Waals surface area contributed by atoms with Crippen LogP contribution >= 0.6 is 11.6 Å². The van der Waals surface area contributed by atoms with Gasteiger partial charge < -0.3 is 9.84 Å². The minimum Gasteiger partial charge on any atom is -0.378 e. The van der Waals surface area contributed by atoms with Crippen molar-refractivity contribution in [3.8, 4) is 23.0 Å². The van der Waals surface area contributed by atoms with Crippen LogP contribution in [0, 0.1) is 18.8 Å². The van der Waals surface area contributed by atoms with Gasteiger partial charge in [0.2, 0.25) is 0 Å². The van der Waals surface area contributed by atoms with Crippen LogP contribution in [0.15, 0.2) is 48.5 Å². The molecule has 0 spiro atoms. The van der Waals surface area contributed by atoms with E-state index in [4.69, 9.17) is 16.3 Å². The van der Waals surface area contributed by atoms with Gasteiger partial charge in [0.15, 0.2) is 5.78 Å². The molecule has 0 aromatic heterocycles. The molecular weight excluding hydrogens is 456 g/mol. The van der Waals surface area contributed by atoms with Crippen LogP contribution in [-0.2, 0) is 9.53 Å². The van der Waals surface area contributed by atoms with Crippen molar-refractivity contribution in [2.75, 3.05) is 0 Å². The molecule has 0 aliphatic carbocycles. The van der Waals surface area contributed by atoms with Crippen LogP contribution in [0.5, 0.6) is 0 Å². The predicted molar refractivity (Wildman–Crippen MR) is 146 cm³/mol. The molecule has 0 radical (unpaired) electrons. The van der Waals surface area contributed by atoms with Gasteiger partial charge in [0.1, 0.15) is 11.7 Å². The first kappa shape index (κ1) is 27.0. The lowest BCUT2D eigenvalue weighted by molar-refractivity contribution is -0.138. The van der Waals surface area contributed by atoms with Gasteiger partial charge in [-0.05, 0) is 105 Å². The Labute approximate surface area is 214 Å². The summed E-state index contributed by atoms with van der Waals surface area (Å²) in [5, 5.41) is 13.3. The third kappa shape index (κ3) is 6.33. The Morgan fingerprint density at radius 2 is 1.69 bits per heavy atom. The number of rotatable bonds is 6. The van der Waals surface area contributed by atoms with Gasteiger partial charge in [0, 0.05) is 10.6 Å². The van der Waals surface area contributed by atoms with E-state index in [1.54, 1.807) is 6.92 Å². The van der Waals surface area contributed by atoms with E-state index < -0.39 is 17.3 Å². The summed E-state index contributed by atoms with van der Waals surface area (Å²) in [6.45, 7) is 13.3. The Bertz CT molecular complexity index is 1280. The zero-order valence-corrected chi connectivity index (χ0v) is 22.5. The lowest BCUT2D eigenvalue weighted by Crippen LogP contribution is -2.27. The van der Waals surface area contributed by atoms with Crippen LogP contribution in [0.3, 0.4) is 0 Å². The largest absolute Gasteiger partial charge is 0.378 e. The van der Waals surface area contributed by atoms with E-state index in [2.05, 4.69) is 17.9 Å². The van der Waals surface area contributed by atoms with E-state index in [0.29, 0.717) is 17.9 Å². The summed E-state index contributed by atoms with van der Waals surface area (Å²) in [6.07, 6.45) is 0.409. The lowest BCUT2D eigenvalue weighted by atomic mass is 9.85. The number of benzene rings is 3. The third-order valence-corrected chi connectivity index (χ3v) is 6.49. The quantitative estimate of drug-likeness (QED) is 0.358. The number of Topliss-reactive ketones (excluding diaryl/α,β-unsaturated/α-hetero) is 1. The number of aliphatic hydroxyl groups is 1. The molecule has 0 aliphatic rings. The summed E-state index contributed by atoms with van der Waals surface area (Å²) in [5.41, 5.74) is 3.01. The molecular formula is C31H35ClO3. The average Bonchev–Trinajstić information content (AvgIpc) is 2.80. The Balaban J connectivity index is 2.37. The molecule has 0 heterocycles. The van der Waals surface area contributed by atoms with Gasteiger partial charge in [-0.1, -0.05) is 61.6 Å². The van der Waals surface area contributed by atoms with E-state index in [0.717, 1.165) is 38.6 Å². The zero-order valence-electron chi connectivity index (χ0n) is 21.8. The highest BCUT2D eigenvalue weighted by Crippen LogP contribution is 2.41. The first-order chi connectivity index (χ1) is 16.4. The predicted octanol–water partition coefficient (Wildman–Crippen LogP) is 7.82. The van der Waals surface area contributed by atoms with Crippen LogP contribution in [0.1, 0.15) is 77.2 Å². The second-order valence-corrected chi connectivity index (χ2v) is 10.6. The summed E-state index contributed by atoms with van der Waals surface area (Å²) in [4.78, 5) is 12.9. The Morgan fingerprint density at radius 1 is 1.06 bits per heavy atom. The van der Waals surface area contributed by atoms with Gasteiger partial charge in [0.05, 0.1) is 5.60 Å². The molecule has 0 bridgehead atoms. The normalized spacial score (nSPS) is 12.8. The van der Waals surface area contributed by atoms with Crippen LogP contribution < -0.4 is 0 Å². The topological polar surface area (TPSA) is 46.5 Å². The molecule has 1 N–H and O–H groups in total. The van der Waals surface area contributed by atoms with Crippen LogP contribution in [-0.4, -0.2) is 22.1 Å². The fourth-order valence-electron chi connectivity index (χ4n) is 4.21. The highest BCUT2D eigenvalue weighted by atomic mass is 35.5. The van der Waals surface area contributed by atoms with Crippen molar-refractivity contribution in [3.63, 3.8) is 0 Å². The molecule has 0 aliphatic heterocycles. The molecule has 0 saturated carbocycles. The minimum absolute atomic E-state index is 0.0514. The second-order valence-electron chi connectivity index (χ2n) is 10.1. The summed E-state index contributed by atoms with van der Waals surface area (Å²) in [7, 11) is 0. The van der Waals surface area contributed by atoms with E-state index >= 15 is 0 Å². The number of hydrogen-bond acceptors (Lipinski definition) is 3. The maximum absolute atomic E-state index is 12.9. The molecule has 0 fully saturated rings. The van der Waals surface area contributed by atoms with Gasteiger partial charge >= 0.3 is 0 Å². The molecule has 35 heavy (non-hydrogen) atoms. The van der Waals surface area contributed by atoms with E-state index in [1.165, 1.54) is 0 Å². The maximum atomic E-state index is 12.9. The van der Waals surface area contributed by atoms with Crippen molar-refractivity contribution < 1.29 is 14.6 Å². The molecule has 1 unspecified atom stereocenters. The monoisotopic (exact) mass is 490 g/mol. The molecule has 3 aromatic carbocycles. The lowest BCUT2D eigenvalue weighted by Gasteiger charge is -2.29. The van der Waals surface area contributed by atoms with Crippen molar-refractivity contribution in [1.82, 2.24) is 0 Å². The molecule has 0 saturated heterocycles. The van der Waals surface area contributed by atoms with E-state index in [1.807, 2.05) is 84.0 Å². The highest BCUT2D eigenvalue weighted by Gasteiger charge is 2.29. The van der Waals surface area contributed by atoms with Crippen molar-refractivity contribution in [1.29, 1.82) is 0 Å². The smallest absolute Gasteiger partial charge is 0.163 e. The standard InChI is InChI=1S/C31H35ClO3/c1-8-31(34,9-2)17-16-22-10-11-24-18-20(3)27(29(21(4)33)35-30(5,6)7)28(26(24)19-22)23-12-14-25(32)15-13-23/h10-15,18-19,29,34H,8-9H2,1-7H3. The van der Waals surface area contributed by atoms with Crippen molar-refractivity contribution in [2.24, 2.45) is 0 Å².